The molecule has 0 bridgehead atoms. The maximum Gasteiger partial charge on any atom is 0.254 e. The number of aromatic nitrogens is 5. The summed E-state index contributed by atoms with van der Waals surface area (Å²) in [5, 5.41) is 11.2. The van der Waals surface area contributed by atoms with Gasteiger partial charge >= 0.3 is 0 Å². The molecule has 1 fully saturated rings. The van der Waals surface area contributed by atoms with E-state index in [2.05, 4.69) is 66.8 Å². The van der Waals surface area contributed by atoms with E-state index in [4.69, 9.17) is 19.9 Å². The van der Waals surface area contributed by atoms with Gasteiger partial charge in [-0.15, -0.1) is 11.3 Å². The van der Waals surface area contributed by atoms with Gasteiger partial charge in [-0.05, 0) is 91.3 Å². The first-order valence-corrected chi connectivity index (χ1v) is 23.0. The van der Waals surface area contributed by atoms with E-state index in [-0.39, 0.29) is 11.8 Å². The first kappa shape index (κ1) is 45.7. The third-order valence-corrected chi connectivity index (χ3v) is 12.5. The average molecular weight is 944 g/mol. The molecule has 0 spiro atoms. The molecule has 2 aliphatic rings. The van der Waals surface area contributed by atoms with Crippen molar-refractivity contribution in [2.24, 2.45) is 5.73 Å². The Labute approximate surface area is 401 Å². The van der Waals surface area contributed by atoms with Crippen LogP contribution in [0.1, 0.15) is 21.7 Å². The van der Waals surface area contributed by atoms with Crippen LogP contribution in [-0.4, -0.2) is 99.0 Å². The van der Waals surface area contributed by atoms with Gasteiger partial charge < -0.3 is 45.3 Å². The SMILES string of the molecule is C=CC(=O)N1CCc2nc3c(C(N)=O)c(-c4ccc(Oc5ccccc5)cc4)[nH]n3c2C1.C=CC(=O)Nc1cccc(Oc2nc(Nc3ccc(N4CCN(C)CC4)cc3OC)nc3ccsc23)c1. The predicted molar refractivity (Wildman–Crippen MR) is 268 cm³/mol. The van der Waals surface area contributed by atoms with Gasteiger partial charge in [0.25, 0.3) is 5.91 Å². The van der Waals surface area contributed by atoms with Crippen molar-refractivity contribution in [3.63, 3.8) is 0 Å². The van der Waals surface area contributed by atoms with E-state index in [1.54, 1.807) is 40.8 Å². The number of nitrogens with zero attached hydrogens (tertiary/aromatic N) is 7. The van der Waals surface area contributed by atoms with Crippen molar-refractivity contribution in [3.05, 3.63) is 151 Å². The van der Waals surface area contributed by atoms with Gasteiger partial charge in [-0.2, -0.15) is 4.98 Å². The molecule has 0 radical (unpaired) electrons. The number of piperazine rings is 1. The molecule has 8 aromatic rings. The van der Waals surface area contributed by atoms with Gasteiger partial charge in [0.1, 0.15) is 33.3 Å². The third kappa shape index (κ3) is 10.1. The minimum atomic E-state index is -0.572. The minimum Gasteiger partial charge on any atom is -0.494 e. The molecule has 18 heteroatoms. The molecule has 0 aliphatic carbocycles. The van der Waals surface area contributed by atoms with Crippen LogP contribution in [0.3, 0.4) is 0 Å². The number of methoxy groups -OCH3 is 1. The maximum atomic E-state index is 12.4. The van der Waals surface area contributed by atoms with Gasteiger partial charge in [-0.3, -0.25) is 19.5 Å². The number of amides is 3. The Bertz CT molecular complexity index is 3190. The van der Waals surface area contributed by atoms with E-state index >= 15 is 0 Å². The summed E-state index contributed by atoms with van der Waals surface area (Å²) in [7, 11) is 3.80. The lowest BCUT2D eigenvalue weighted by atomic mass is 10.1. The summed E-state index contributed by atoms with van der Waals surface area (Å²) in [6.07, 6.45) is 3.12. The van der Waals surface area contributed by atoms with Crippen molar-refractivity contribution in [2.45, 2.75) is 13.0 Å². The Morgan fingerprint density at radius 1 is 0.826 bits per heavy atom. The molecular formula is C51H49N11O6S. The number of benzene rings is 4. The lowest BCUT2D eigenvalue weighted by Gasteiger charge is -2.34. The molecule has 0 atom stereocenters. The quantitative estimate of drug-likeness (QED) is 0.0807. The Hall–Kier alpha value is -8.48. The normalized spacial score (nSPS) is 13.5. The van der Waals surface area contributed by atoms with Gasteiger partial charge in [0.05, 0.1) is 41.9 Å². The zero-order chi connectivity index (χ0) is 48.0. The number of aromatic amines is 1. The second-order valence-electron chi connectivity index (χ2n) is 16.2. The minimum absolute atomic E-state index is 0.137. The summed E-state index contributed by atoms with van der Waals surface area (Å²) in [6, 6.07) is 32.0. The fraction of sp³-hybridized carbons (Fsp3) is 0.176. The lowest BCUT2D eigenvalue weighted by molar-refractivity contribution is -0.127. The van der Waals surface area contributed by atoms with Crippen LogP contribution in [-0.2, 0) is 22.6 Å². The first-order chi connectivity index (χ1) is 33.6. The van der Waals surface area contributed by atoms with Crippen molar-refractivity contribution in [2.75, 3.05) is 62.4 Å². The number of carbonyl (C=O) groups is 3. The standard InChI is InChI=1S/C27H28N6O3S.C24H21N5O3/c1-4-24(34)28-18-6-5-7-20(16-18)36-26-25-22(10-15-37-25)30-27(31-26)29-21-9-8-19(17-23(21)35-3)33-13-11-32(2)12-14-33;1-2-20(30)28-13-12-18-19(14-28)29-24(26-18)21(23(25)31)22(27-29)15-8-10-17(11-9-15)32-16-6-4-3-5-7-16/h4-10,15-17H,1,11-14H2,2-3H3,(H,28,34)(H,29,30,31);2-11,27H,1,12-14H2,(H2,25,31). The number of para-hydroxylation sites is 1. The first-order valence-electron chi connectivity index (χ1n) is 22.1. The highest BCUT2D eigenvalue weighted by Gasteiger charge is 2.29. The van der Waals surface area contributed by atoms with E-state index in [1.165, 1.54) is 23.5 Å². The largest absolute Gasteiger partial charge is 0.494 e. The van der Waals surface area contributed by atoms with Crippen molar-refractivity contribution >= 4 is 67.9 Å². The molecule has 10 rings (SSSR count). The van der Waals surface area contributed by atoms with Crippen LogP contribution in [0.4, 0.5) is 23.0 Å². The van der Waals surface area contributed by atoms with Gasteiger partial charge in [-0.25, -0.2) is 14.5 Å². The monoisotopic (exact) mass is 943 g/mol. The molecule has 3 amide bonds. The number of rotatable bonds is 13. The zero-order valence-corrected chi connectivity index (χ0v) is 38.8. The van der Waals surface area contributed by atoms with Gasteiger partial charge in [0.2, 0.25) is 23.6 Å². The smallest absolute Gasteiger partial charge is 0.254 e. The third-order valence-electron chi connectivity index (χ3n) is 11.6. The van der Waals surface area contributed by atoms with Crippen LogP contribution in [0, 0.1) is 0 Å². The number of fused-ring (bicyclic) bond motifs is 4. The highest BCUT2D eigenvalue weighted by atomic mass is 32.1. The van der Waals surface area contributed by atoms with Crippen molar-refractivity contribution in [1.29, 1.82) is 0 Å². The Morgan fingerprint density at radius 2 is 1.59 bits per heavy atom. The molecule has 0 unspecified atom stereocenters. The van der Waals surface area contributed by atoms with Crippen molar-refractivity contribution in [1.82, 2.24) is 34.4 Å². The average Bonchev–Trinajstić information content (AvgIpc) is 4.10. The number of H-pyrrole nitrogens is 1. The number of ether oxygens (including phenoxy) is 3. The molecule has 69 heavy (non-hydrogen) atoms. The summed E-state index contributed by atoms with van der Waals surface area (Å²) in [5.41, 5.74) is 12.8. The van der Waals surface area contributed by atoms with E-state index in [0.717, 1.165) is 70.5 Å². The van der Waals surface area contributed by atoms with Crippen LogP contribution < -0.4 is 35.5 Å². The summed E-state index contributed by atoms with van der Waals surface area (Å²) in [4.78, 5) is 56.5. The van der Waals surface area contributed by atoms with Crippen LogP contribution in [0.25, 0.3) is 27.1 Å². The molecular weight excluding hydrogens is 895 g/mol. The highest BCUT2D eigenvalue weighted by Crippen LogP contribution is 2.37. The molecule has 6 heterocycles. The van der Waals surface area contributed by atoms with Crippen molar-refractivity contribution < 1.29 is 28.6 Å². The number of thiophene rings is 1. The van der Waals surface area contributed by atoms with Crippen LogP contribution in [0.15, 0.2) is 134 Å². The Morgan fingerprint density at radius 3 is 2.33 bits per heavy atom. The number of hydrogen-bond acceptors (Lipinski definition) is 13. The number of nitrogens with one attached hydrogen (secondary N) is 3. The maximum absolute atomic E-state index is 12.4. The molecule has 350 valence electrons. The molecule has 17 nitrogen and oxygen atoms in total. The van der Waals surface area contributed by atoms with Crippen LogP contribution in [0.2, 0.25) is 0 Å². The lowest BCUT2D eigenvalue weighted by Crippen LogP contribution is -2.44. The molecule has 2 aliphatic heterocycles. The van der Waals surface area contributed by atoms with Gasteiger partial charge in [0.15, 0.2) is 5.65 Å². The highest BCUT2D eigenvalue weighted by molar-refractivity contribution is 7.17. The number of imidazole rings is 1. The van der Waals surface area contributed by atoms with E-state index in [9.17, 15) is 14.4 Å². The van der Waals surface area contributed by atoms with Crippen LogP contribution >= 0.6 is 11.3 Å². The van der Waals surface area contributed by atoms with Crippen LogP contribution in [0.5, 0.6) is 28.9 Å². The van der Waals surface area contributed by atoms with E-state index in [1.807, 2.05) is 78.2 Å². The molecule has 1 saturated heterocycles. The second-order valence-corrected chi connectivity index (χ2v) is 17.1. The Kier molecular flexibility index (Phi) is 13.4. The summed E-state index contributed by atoms with van der Waals surface area (Å²) in [5.74, 6) is 2.46. The summed E-state index contributed by atoms with van der Waals surface area (Å²) < 4.78 is 20.3. The summed E-state index contributed by atoms with van der Waals surface area (Å²) >= 11 is 1.50. The van der Waals surface area contributed by atoms with Gasteiger partial charge in [-0.1, -0.05) is 37.4 Å². The topological polar surface area (TPSA) is 198 Å². The number of primary amides is 1. The zero-order valence-electron chi connectivity index (χ0n) is 38.0. The number of hydrogen-bond donors (Lipinski definition) is 4. The molecule has 5 N–H and O–H groups in total. The van der Waals surface area contributed by atoms with Gasteiger partial charge in [0, 0.05) is 68.2 Å². The Balaban J connectivity index is 0.000000174. The van der Waals surface area contributed by atoms with E-state index in [0.29, 0.717) is 71.2 Å². The predicted octanol–water partition coefficient (Wildman–Crippen LogP) is 8.40. The summed E-state index contributed by atoms with van der Waals surface area (Å²) in [6.45, 7) is 12.0. The fourth-order valence-corrected chi connectivity index (χ4v) is 8.83. The molecule has 4 aromatic carbocycles. The van der Waals surface area contributed by atoms with E-state index < -0.39 is 5.91 Å². The number of likely N-dealkylation sites (N-methyl/N-ethyl adjacent to an activating group) is 1. The van der Waals surface area contributed by atoms with Crippen molar-refractivity contribution in [3.8, 4) is 40.1 Å². The molecule has 0 saturated carbocycles. The number of anilines is 4. The fourth-order valence-electron chi connectivity index (χ4n) is 8.07. The number of carbonyl (C=O) groups excluding carboxylic acids is 3. The second kappa shape index (κ2) is 20.2. The molecule has 4 aromatic heterocycles. The number of nitrogens with two attached hydrogens (primary N) is 1.